The van der Waals surface area contributed by atoms with Crippen LogP contribution < -0.4 is 20.7 Å². The summed E-state index contributed by atoms with van der Waals surface area (Å²) in [5.41, 5.74) is 3.51. The number of aromatic nitrogens is 2. The SMILES string of the molecule is COc1cc(C2CCN(CC(C)(C)O)CC2)ccc1Nc1ncc(Cl)c(NCc2cccc3c2C(C)(C)C(=O)N3)n1. The minimum Gasteiger partial charge on any atom is -0.495 e. The van der Waals surface area contributed by atoms with E-state index in [1.54, 1.807) is 13.3 Å². The Labute approximate surface area is 246 Å². The molecule has 2 aromatic carbocycles. The molecule has 0 bridgehead atoms. The minimum absolute atomic E-state index is 0.0114. The summed E-state index contributed by atoms with van der Waals surface area (Å²) in [5.74, 6) is 2.02. The number of aliphatic hydroxyl groups is 1. The van der Waals surface area contributed by atoms with E-state index in [1.165, 1.54) is 5.56 Å². The number of ether oxygens (including phenoxy) is 1. The van der Waals surface area contributed by atoms with Gasteiger partial charge >= 0.3 is 0 Å². The maximum atomic E-state index is 12.5. The van der Waals surface area contributed by atoms with E-state index in [4.69, 9.17) is 16.3 Å². The van der Waals surface area contributed by atoms with Crippen LogP contribution in [0.5, 0.6) is 5.75 Å². The van der Waals surface area contributed by atoms with Gasteiger partial charge in [-0.3, -0.25) is 4.79 Å². The van der Waals surface area contributed by atoms with Crippen molar-refractivity contribution in [2.75, 3.05) is 42.7 Å². The van der Waals surface area contributed by atoms with Gasteiger partial charge in [0, 0.05) is 18.8 Å². The third-order valence-corrected chi connectivity index (χ3v) is 8.20. The van der Waals surface area contributed by atoms with Crippen molar-refractivity contribution in [3.63, 3.8) is 0 Å². The van der Waals surface area contributed by atoms with Gasteiger partial charge in [0.25, 0.3) is 0 Å². The normalized spacial score (nSPS) is 17.2. The number of likely N-dealkylation sites (tertiary alicyclic amines) is 1. The van der Waals surface area contributed by atoms with E-state index in [0.29, 0.717) is 41.5 Å². The monoisotopic (exact) mass is 578 g/mol. The van der Waals surface area contributed by atoms with Crippen molar-refractivity contribution in [3.05, 3.63) is 64.3 Å². The Morgan fingerprint density at radius 2 is 1.98 bits per heavy atom. The van der Waals surface area contributed by atoms with Crippen LogP contribution >= 0.6 is 11.6 Å². The fourth-order valence-electron chi connectivity index (χ4n) is 5.87. The van der Waals surface area contributed by atoms with Crippen LogP contribution in [0.1, 0.15) is 63.1 Å². The predicted molar refractivity (Wildman–Crippen MR) is 163 cm³/mol. The molecule has 0 atom stereocenters. The summed E-state index contributed by atoms with van der Waals surface area (Å²) in [4.78, 5) is 23.8. The number of hydrogen-bond donors (Lipinski definition) is 4. The standard InChI is InChI=1S/C31H39ClN6O3/c1-30(2,40)18-38-13-11-19(12-14-38)20-9-10-23(25(15-20)41-5)36-29-34-17-22(32)27(37-29)33-16-21-7-6-8-24-26(21)31(3,4)28(39)35-24/h6-10,15,17,19,40H,11-14,16,18H2,1-5H3,(H,35,39)(H2,33,34,36,37). The number of carbonyl (C=O) groups is 1. The van der Waals surface area contributed by atoms with Crippen molar-refractivity contribution in [1.82, 2.24) is 14.9 Å². The lowest BCUT2D eigenvalue weighted by Crippen LogP contribution is -2.42. The lowest BCUT2D eigenvalue weighted by Gasteiger charge is -2.35. The molecule has 1 saturated heterocycles. The molecule has 218 valence electrons. The number of amides is 1. The van der Waals surface area contributed by atoms with Gasteiger partial charge in [0.15, 0.2) is 5.82 Å². The molecule has 1 aromatic heterocycles. The van der Waals surface area contributed by atoms with Gasteiger partial charge in [-0.15, -0.1) is 0 Å². The average Bonchev–Trinajstić information content (AvgIpc) is 3.16. The van der Waals surface area contributed by atoms with Gasteiger partial charge in [-0.05, 0) is 94.4 Å². The molecule has 3 heterocycles. The van der Waals surface area contributed by atoms with Gasteiger partial charge in [0.2, 0.25) is 11.9 Å². The van der Waals surface area contributed by atoms with Crippen molar-refractivity contribution in [3.8, 4) is 5.75 Å². The van der Waals surface area contributed by atoms with Crippen LogP contribution in [0.15, 0.2) is 42.6 Å². The van der Waals surface area contributed by atoms with Crippen LogP contribution in [-0.2, 0) is 16.8 Å². The zero-order valence-corrected chi connectivity index (χ0v) is 25.1. The van der Waals surface area contributed by atoms with Gasteiger partial charge in [-0.1, -0.05) is 29.8 Å². The van der Waals surface area contributed by atoms with Gasteiger partial charge in [0.05, 0.1) is 30.0 Å². The maximum absolute atomic E-state index is 12.5. The molecule has 3 aromatic rings. The summed E-state index contributed by atoms with van der Waals surface area (Å²) in [6, 6.07) is 12.1. The molecule has 2 aliphatic heterocycles. The highest BCUT2D eigenvalue weighted by Crippen LogP contribution is 2.40. The quantitative estimate of drug-likeness (QED) is 0.257. The van der Waals surface area contributed by atoms with Crippen molar-refractivity contribution >= 4 is 40.6 Å². The van der Waals surface area contributed by atoms with E-state index in [1.807, 2.05) is 52.0 Å². The first-order valence-electron chi connectivity index (χ1n) is 14.0. The molecule has 9 nitrogen and oxygen atoms in total. The molecule has 41 heavy (non-hydrogen) atoms. The number of hydrogen-bond acceptors (Lipinski definition) is 8. The van der Waals surface area contributed by atoms with E-state index in [-0.39, 0.29) is 5.91 Å². The Morgan fingerprint density at radius 3 is 2.68 bits per heavy atom. The second-order valence-corrected chi connectivity index (χ2v) is 12.5. The summed E-state index contributed by atoms with van der Waals surface area (Å²) >= 11 is 6.45. The van der Waals surface area contributed by atoms with Crippen LogP contribution in [0.2, 0.25) is 5.02 Å². The predicted octanol–water partition coefficient (Wildman–Crippen LogP) is 5.67. The molecule has 5 rings (SSSR count). The lowest BCUT2D eigenvalue weighted by molar-refractivity contribution is -0.119. The third-order valence-electron chi connectivity index (χ3n) is 7.92. The lowest BCUT2D eigenvalue weighted by atomic mass is 9.83. The van der Waals surface area contributed by atoms with E-state index in [0.717, 1.165) is 48.4 Å². The first-order valence-corrected chi connectivity index (χ1v) is 14.4. The summed E-state index contributed by atoms with van der Waals surface area (Å²) < 4.78 is 5.73. The number of piperidine rings is 1. The Morgan fingerprint density at radius 1 is 1.22 bits per heavy atom. The zero-order chi connectivity index (χ0) is 29.4. The second kappa shape index (κ2) is 11.5. The van der Waals surface area contributed by atoms with Crippen LogP contribution in [-0.4, -0.2) is 58.2 Å². The number of nitrogens with one attached hydrogen (secondary N) is 3. The largest absolute Gasteiger partial charge is 0.495 e. The van der Waals surface area contributed by atoms with Gasteiger partial charge in [-0.2, -0.15) is 4.98 Å². The molecule has 0 spiro atoms. The van der Waals surface area contributed by atoms with Crippen molar-refractivity contribution in [1.29, 1.82) is 0 Å². The molecule has 0 unspecified atom stereocenters. The molecule has 1 amide bonds. The van der Waals surface area contributed by atoms with Crippen LogP contribution in [0, 0.1) is 0 Å². The fraction of sp³-hybridized carbons (Fsp3) is 0.452. The molecule has 1 fully saturated rings. The number of fused-ring (bicyclic) bond motifs is 1. The summed E-state index contributed by atoms with van der Waals surface area (Å²) in [6.07, 6.45) is 3.63. The first-order chi connectivity index (χ1) is 19.4. The molecule has 0 aliphatic carbocycles. The Balaban J connectivity index is 1.27. The Bertz CT molecular complexity index is 1430. The summed E-state index contributed by atoms with van der Waals surface area (Å²) in [6.45, 7) is 10.6. The number of β-amino-alcohol motifs (C(OH)–C–C–N with tert-alkyl or cyclic N) is 1. The second-order valence-electron chi connectivity index (χ2n) is 12.1. The number of anilines is 4. The fourth-order valence-corrected chi connectivity index (χ4v) is 6.03. The summed E-state index contributed by atoms with van der Waals surface area (Å²) in [7, 11) is 1.66. The van der Waals surface area contributed by atoms with Gasteiger partial charge in [0.1, 0.15) is 10.8 Å². The highest BCUT2D eigenvalue weighted by Gasteiger charge is 2.40. The van der Waals surface area contributed by atoms with E-state index in [2.05, 4.69) is 43.0 Å². The van der Waals surface area contributed by atoms with E-state index >= 15 is 0 Å². The first kappa shape index (κ1) is 29.1. The number of rotatable bonds is 9. The number of nitrogens with zero attached hydrogens (tertiary/aromatic N) is 3. The molecule has 2 aliphatic rings. The molecule has 0 radical (unpaired) electrons. The number of methoxy groups -OCH3 is 1. The van der Waals surface area contributed by atoms with E-state index < -0.39 is 11.0 Å². The molecular formula is C31H39ClN6O3. The van der Waals surface area contributed by atoms with Crippen molar-refractivity contribution in [2.24, 2.45) is 0 Å². The Kier molecular flexibility index (Phi) is 8.14. The Hall–Kier alpha value is -3.40. The maximum Gasteiger partial charge on any atom is 0.234 e. The zero-order valence-electron chi connectivity index (χ0n) is 24.3. The number of carbonyl (C=O) groups excluding carboxylic acids is 1. The van der Waals surface area contributed by atoms with Crippen LogP contribution in [0.25, 0.3) is 0 Å². The van der Waals surface area contributed by atoms with Gasteiger partial charge < -0.3 is 30.7 Å². The third kappa shape index (κ3) is 6.42. The van der Waals surface area contributed by atoms with Crippen molar-refractivity contribution in [2.45, 2.75) is 64.0 Å². The highest BCUT2D eigenvalue weighted by molar-refractivity contribution is 6.32. The van der Waals surface area contributed by atoms with Crippen LogP contribution in [0.3, 0.4) is 0 Å². The van der Waals surface area contributed by atoms with Crippen LogP contribution in [0.4, 0.5) is 23.1 Å². The van der Waals surface area contributed by atoms with E-state index in [9.17, 15) is 9.90 Å². The molecule has 0 saturated carbocycles. The highest BCUT2D eigenvalue weighted by atomic mass is 35.5. The van der Waals surface area contributed by atoms with Crippen molar-refractivity contribution < 1.29 is 14.6 Å². The molecule has 4 N–H and O–H groups in total. The van der Waals surface area contributed by atoms with Gasteiger partial charge in [-0.25, -0.2) is 4.98 Å². The smallest absolute Gasteiger partial charge is 0.234 e. The average molecular weight is 579 g/mol. The number of benzene rings is 2. The molecular weight excluding hydrogens is 540 g/mol. The minimum atomic E-state index is -0.682. The summed E-state index contributed by atoms with van der Waals surface area (Å²) in [5, 5.41) is 20.1. The topological polar surface area (TPSA) is 112 Å². The number of halogens is 1. The molecule has 10 heteroatoms.